The number of hydrogen-bond donors (Lipinski definition) is 12. The first-order valence-electron chi connectivity index (χ1n) is 23.9. The molecule has 0 aromatic heterocycles. The molecule has 0 spiro atoms. The van der Waals surface area contributed by atoms with E-state index in [2.05, 4.69) is 43.5 Å². The number of aliphatic hydroxyl groups is 1. The van der Waals surface area contributed by atoms with Crippen LogP contribution in [-0.2, 0) is 56.0 Å². The zero-order valence-corrected chi connectivity index (χ0v) is 42.4. The van der Waals surface area contributed by atoms with E-state index in [1.54, 1.807) is 26.0 Å². The molecule has 2 aromatic rings. The minimum absolute atomic E-state index is 0.00873. The third-order valence-electron chi connectivity index (χ3n) is 12.4. The largest absolute Gasteiger partial charge is 0.508 e. The van der Waals surface area contributed by atoms with E-state index in [0.717, 1.165) is 10.5 Å². The minimum atomic E-state index is -1.97. The summed E-state index contributed by atoms with van der Waals surface area (Å²) in [7, 11) is 1.18. The number of rotatable bonds is 14. The summed E-state index contributed by atoms with van der Waals surface area (Å²) in [5.41, 5.74) is 12.5. The second-order valence-electron chi connectivity index (χ2n) is 18.3. The highest BCUT2D eigenvalue weighted by Crippen LogP contribution is 2.18. The Morgan fingerprint density at radius 1 is 0.797 bits per heavy atom. The summed E-state index contributed by atoms with van der Waals surface area (Å²) < 4.78 is 0. The van der Waals surface area contributed by atoms with Gasteiger partial charge in [0, 0.05) is 32.4 Å². The number of carbonyl (C=O) groups excluding carboxylic acids is 7. The van der Waals surface area contributed by atoms with Gasteiger partial charge in [-0.25, -0.2) is 9.59 Å². The van der Waals surface area contributed by atoms with Crippen LogP contribution in [-0.4, -0.2) is 141 Å². The molecule has 0 saturated carbocycles. The standard InChI is InChI=1S/C51H70N10O13/c1-27(24-28(2)40(63)26-33-12-9-8-10-13-33)15-20-36-29(3)43(65)58-38(49(71)72)21-22-41(64)61(7)32(6)46(68)55-31(5)45(67)59-39(25-34-16-18-35(62)19-17-34)48(70)60-42(50(73)74)30(4)44(66)57-37(47(69)56-36)14-11-23-54-51(52)53/h8-10,12-13,15-20,24,28-31,36-40,42,62-63H,6,11,14,21-23,25-26H2,1-5,7H3,(H,55,68)(H,56,69)(H,57,66)(H,58,65)(H,59,67)(H,60,70)(H,71,72)(H,73,74)(H4,52,53,54)/b20-15+,27-24+/t28-,29-,30-,31+,36-,37-,38+,39-,40-,42+/m0/s1. The van der Waals surface area contributed by atoms with Crippen LogP contribution < -0.4 is 43.4 Å². The second kappa shape index (κ2) is 28.8. The summed E-state index contributed by atoms with van der Waals surface area (Å²) in [5.74, 6) is -13.4. The number of aromatic hydroxyl groups is 1. The average molecular weight is 1030 g/mol. The number of amides is 7. The third kappa shape index (κ3) is 19.2. The Bertz CT molecular complexity index is 2440. The topological polar surface area (TPSA) is 374 Å². The van der Waals surface area contributed by atoms with E-state index in [0.29, 0.717) is 17.6 Å². The number of phenols is 1. The van der Waals surface area contributed by atoms with Crippen LogP contribution in [0.15, 0.2) is 95.7 Å². The zero-order valence-electron chi connectivity index (χ0n) is 42.4. The molecule has 1 aliphatic rings. The molecule has 1 heterocycles. The first kappa shape index (κ1) is 60.2. The lowest BCUT2D eigenvalue weighted by Crippen LogP contribution is -2.59. The van der Waals surface area contributed by atoms with Crippen LogP contribution in [0.1, 0.15) is 71.4 Å². The van der Waals surface area contributed by atoms with Crippen molar-refractivity contribution >= 4 is 59.2 Å². The van der Waals surface area contributed by atoms with Crippen molar-refractivity contribution < 1.29 is 63.6 Å². The van der Waals surface area contributed by atoms with Gasteiger partial charge in [0.2, 0.25) is 35.4 Å². The van der Waals surface area contributed by atoms with Gasteiger partial charge in [-0.05, 0) is 62.8 Å². The zero-order chi connectivity index (χ0) is 55.4. The van der Waals surface area contributed by atoms with Gasteiger partial charge in [-0.15, -0.1) is 0 Å². The van der Waals surface area contributed by atoms with Crippen LogP contribution in [0, 0.1) is 17.8 Å². The molecule has 3 rings (SSSR count). The summed E-state index contributed by atoms with van der Waals surface area (Å²) >= 11 is 0. The van der Waals surface area contributed by atoms with Crippen LogP contribution >= 0.6 is 0 Å². The van der Waals surface area contributed by atoms with Crippen LogP contribution in [0.2, 0.25) is 0 Å². The van der Waals surface area contributed by atoms with Gasteiger partial charge in [0.15, 0.2) is 5.96 Å². The molecule has 0 aliphatic carbocycles. The predicted octanol–water partition coefficient (Wildman–Crippen LogP) is -0.133. The molecule has 23 nitrogen and oxygen atoms in total. The van der Waals surface area contributed by atoms with E-state index in [1.165, 1.54) is 58.2 Å². The molecule has 10 atom stereocenters. The van der Waals surface area contributed by atoms with E-state index in [-0.39, 0.29) is 43.4 Å². The summed E-state index contributed by atoms with van der Waals surface area (Å²) in [5, 5.41) is 56.2. The molecule has 0 unspecified atom stereocenters. The number of hydrogen-bond acceptors (Lipinski definition) is 12. The van der Waals surface area contributed by atoms with Crippen molar-refractivity contribution in [2.24, 2.45) is 34.2 Å². The summed E-state index contributed by atoms with van der Waals surface area (Å²) in [6, 6.07) is 5.57. The lowest BCUT2D eigenvalue weighted by molar-refractivity contribution is -0.146. The highest BCUT2D eigenvalue weighted by atomic mass is 16.4. The highest BCUT2D eigenvalue weighted by molar-refractivity contribution is 6.00. The van der Waals surface area contributed by atoms with E-state index in [1.807, 2.05) is 30.3 Å². The van der Waals surface area contributed by atoms with Crippen LogP contribution in [0.4, 0.5) is 0 Å². The summed E-state index contributed by atoms with van der Waals surface area (Å²) in [6.45, 7) is 11.0. The number of aliphatic carboxylic acids is 2. The van der Waals surface area contributed by atoms with Gasteiger partial charge in [0.05, 0.1) is 24.0 Å². The molecule has 0 bridgehead atoms. The molecular formula is C51H70N10O13. The molecule has 7 amide bonds. The Hall–Kier alpha value is -8.08. The van der Waals surface area contributed by atoms with E-state index < -0.39 is 126 Å². The number of likely N-dealkylation sites (N-methyl/N-ethyl adjacent to an activating group) is 1. The number of guanidine groups is 1. The fourth-order valence-corrected chi connectivity index (χ4v) is 7.55. The van der Waals surface area contributed by atoms with Crippen LogP contribution in [0.5, 0.6) is 5.75 Å². The number of aliphatic imine (C=N–C) groups is 1. The Morgan fingerprint density at radius 3 is 2.01 bits per heavy atom. The number of nitrogens with zero attached hydrogens (tertiary/aromatic N) is 2. The number of carboxylic acids is 2. The fraction of sp³-hybridized carbons (Fsp3) is 0.451. The van der Waals surface area contributed by atoms with E-state index in [9.17, 15) is 63.6 Å². The first-order valence-corrected chi connectivity index (χ1v) is 23.9. The number of nitrogens with one attached hydrogen (secondary N) is 6. The lowest BCUT2D eigenvalue weighted by Gasteiger charge is -2.28. The van der Waals surface area contributed by atoms with E-state index >= 15 is 0 Å². The van der Waals surface area contributed by atoms with Gasteiger partial charge in [-0.3, -0.25) is 38.6 Å². The van der Waals surface area contributed by atoms with Gasteiger partial charge in [0.1, 0.15) is 41.7 Å². The summed E-state index contributed by atoms with van der Waals surface area (Å²) in [6.07, 6.45) is 3.07. The van der Waals surface area contributed by atoms with Gasteiger partial charge >= 0.3 is 11.9 Å². The van der Waals surface area contributed by atoms with Gasteiger partial charge in [-0.1, -0.05) is 93.6 Å². The Balaban J connectivity index is 2.13. The molecular weight excluding hydrogens is 961 g/mol. The lowest BCUT2D eigenvalue weighted by atomic mass is 9.94. The number of allylic oxidation sites excluding steroid dienone is 2. The van der Waals surface area contributed by atoms with Crippen molar-refractivity contribution in [1.29, 1.82) is 0 Å². The number of carbonyl (C=O) groups is 9. The number of phenolic OH excluding ortho intramolecular Hbond substituents is 1. The number of carboxylic acid groups (broad SMARTS) is 2. The summed E-state index contributed by atoms with van der Waals surface area (Å²) in [4.78, 5) is 127. The maximum absolute atomic E-state index is 14.4. The quantitative estimate of drug-likeness (QED) is 0.0386. The van der Waals surface area contributed by atoms with Gasteiger partial charge in [0.25, 0.3) is 5.91 Å². The normalized spacial score (nSPS) is 24.6. The second-order valence-corrected chi connectivity index (χ2v) is 18.3. The minimum Gasteiger partial charge on any atom is -0.508 e. The van der Waals surface area contributed by atoms with Crippen molar-refractivity contribution in [2.75, 3.05) is 13.6 Å². The van der Waals surface area contributed by atoms with Crippen LogP contribution in [0.25, 0.3) is 0 Å². The fourth-order valence-electron chi connectivity index (χ4n) is 7.55. The molecule has 402 valence electrons. The molecule has 1 saturated heterocycles. The molecule has 14 N–H and O–H groups in total. The van der Waals surface area contributed by atoms with Crippen molar-refractivity contribution in [1.82, 2.24) is 36.8 Å². The molecule has 0 radical (unpaired) electrons. The molecule has 2 aromatic carbocycles. The van der Waals surface area contributed by atoms with Crippen molar-refractivity contribution in [3.63, 3.8) is 0 Å². The number of benzene rings is 2. The van der Waals surface area contributed by atoms with Crippen molar-refractivity contribution in [3.8, 4) is 5.75 Å². The van der Waals surface area contributed by atoms with Crippen LogP contribution in [0.3, 0.4) is 0 Å². The predicted molar refractivity (Wildman–Crippen MR) is 272 cm³/mol. The SMILES string of the molecule is C=C1C(=O)N[C@H](C)C(=O)N[C@@H](Cc2ccc(O)cc2)C(=O)N[C@@H](C(=O)O)[C@H](C)C(=O)N[C@@H](CCCN=C(N)N)C(=O)N[C@@H](/C=C/C(C)=C/[C@H](C)[C@@H](O)Cc2ccccc2)[C@H](C)C(=O)N[C@@H](C(=O)O)CCC(=O)N1C. The maximum Gasteiger partial charge on any atom is 0.327 e. The monoisotopic (exact) mass is 1030 g/mol. The molecule has 1 aliphatic heterocycles. The maximum atomic E-state index is 14.4. The Kier molecular flexibility index (Phi) is 23.5. The first-order chi connectivity index (χ1) is 34.8. The third-order valence-corrected chi connectivity index (χ3v) is 12.4. The Labute approximate surface area is 429 Å². The Morgan fingerprint density at radius 2 is 1.41 bits per heavy atom. The van der Waals surface area contributed by atoms with Gasteiger partial charge < -0.3 is 68.7 Å². The van der Waals surface area contributed by atoms with Crippen molar-refractivity contribution in [2.45, 2.75) is 115 Å². The highest BCUT2D eigenvalue weighted by Gasteiger charge is 2.37. The smallest absolute Gasteiger partial charge is 0.327 e. The van der Waals surface area contributed by atoms with Crippen molar-refractivity contribution in [3.05, 3.63) is 102 Å². The number of nitrogens with two attached hydrogens (primary N) is 2. The molecule has 74 heavy (non-hydrogen) atoms. The van der Waals surface area contributed by atoms with Gasteiger partial charge in [-0.2, -0.15) is 0 Å². The molecule has 23 heteroatoms. The number of aliphatic hydroxyl groups excluding tert-OH is 1. The molecule has 1 fully saturated rings. The van der Waals surface area contributed by atoms with E-state index in [4.69, 9.17) is 11.5 Å². The average Bonchev–Trinajstić information content (AvgIpc) is 3.35.